The van der Waals surface area contributed by atoms with Gasteiger partial charge in [0.05, 0.1) is 13.2 Å². The molecule has 0 unspecified atom stereocenters. The van der Waals surface area contributed by atoms with Crippen molar-refractivity contribution in [1.29, 1.82) is 0 Å². The summed E-state index contributed by atoms with van der Waals surface area (Å²) in [5.74, 6) is 1.10. The molecule has 0 bridgehead atoms. The monoisotopic (exact) mass is 269 g/mol. The Morgan fingerprint density at radius 2 is 1.80 bits per heavy atom. The van der Waals surface area contributed by atoms with Gasteiger partial charge in [0.25, 0.3) is 0 Å². The maximum Gasteiger partial charge on any atom is 0.140 e. The van der Waals surface area contributed by atoms with Gasteiger partial charge in [-0.05, 0) is 37.1 Å². The van der Waals surface area contributed by atoms with Gasteiger partial charge in [-0.2, -0.15) is 0 Å². The summed E-state index contributed by atoms with van der Waals surface area (Å²) < 4.78 is 7.71. The third-order valence-electron chi connectivity index (χ3n) is 4.11. The molecule has 1 saturated heterocycles. The highest BCUT2D eigenvalue weighted by molar-refractivity contribution is 5.61. The van der Waals surface area contributed by atoms with Crippen molar-refractivity contribution in [3.05, 3.63) is 36.7 Å². The standard InChI is InChI=1S/C16H19N3O/c1-3-14(18-9-11-20-12-10-18)4-2-13(1)16-17-7-8-19(16)15-5-6-15/h1-4,7-8,15H,5-6,9-12H2. The number of anilines is 1. The van der Waals surface area contributed by atoms with Crippen molar-refractivity contribution in [2.24, 2.45) is 0 Å². The number of ether oxygens (including phenoxy) is 1. The Hall–Kier alpha value is -1.81. The van der Waals surface area contributed by atoms with Crippen molar-refractivity contribution in [2.45, 2.75) is 18.9 Å². The van der Waals surface area contributed by atoms with Gasteiger partial charge in [0.1, 0.15) is 5.82 Å². The molecule has 4 rings (SSSR count). The lowest BCUT2D eigenvalue weighted by atomic mass is 10.1. The Balaban J connectivity index is 1.58. The van der Waals surface area contributed by atoms with Crippen molar-refractivity contribution < 1.29 is 4.74 Å². The summed E-state index contributed by atoms with van der Waals surface area (Å²) in [6.07, 6.45) is 6.58. The van der Waals surface area contributed by atoms with Crippen LogP contribution in [0, 0.1) is 0 Å². The fourth-order valence-electron chi connectivity index (χ4n) is 2.83. The number of hydrogen-bond donors (Lipinski definition) is 0. The SMILES string of the molecule is c1cn(C2CC2)c(-c2ccc(N3CCOCC3)cc2)n1. The van der Waals surface area contributed by atoms with E-state index in [1.54, 1.807) is 0 Å². The number of hydrogen-bond acceptors (Lipinski definition) is 3. The molecule has 0 atom stereocenters. The molecule has 1 aliphatic heterocycles. The second kappa shape index (κ2) is 4.94. The van der Waals surface area contributed by atoms with E-state index in [9.17, 15) is 0 Å². The van der Waals surface area contributed by atoms with Gasteiger partial charge < -0.3 is 14.2 Å². The fraction of sp³-hybridized carbons (Fsp3) is 0.438. The summed E-state index contributed by atoms with van der Waals surface area (Å²) in [4.78, 5) is 6.89. The first kappa shape index (κ1) is 12.0. The van der Waals surface area contributed by atoms with Gasteiger partial charge in [-0.3, -0.25) is 0 Å². The summed E-state index contributed by atoms with van der Waals surface area (Å²) in [5, 5.41) is 0. The zero-order valence-corrected chi connectivity index (χ0v) is 11.5. The van der Waals surface area contributed by atoms with E-state index >= 15 is 0 Å². The largest absolute Gasteiger partial charge is 0.378 e. The third kappa shape index (κ3) is 2.20. The van der Waals surface area contributed by atoms with Gasteiger partial charge in [0.2, 0.25) is 0 Å². The van der Waals surface area contributed by atoms with Crippen LogP contribution in [0.4, 0.5) is 5.69 Å². The van der Waals surface area contributed by atoms with Crippen LogP contribution in [0.3, 0.4) is 0 Å². The summed E-state index contributed by atoms with van der Waals surface area (Å²) in [6.45, 7) is 3.62. The van der Waals surface area contributed by atoms with E-state index in [0.29, 0.717) is 6.04 Å². The smallest absolute Gasteiger partial charge is 0.140 e. The lowest BCUT2D eigenvalue weighted by Crippen LogP contribution is -2.36. The van der Waals surface area contributed by atoms with Crippen LogP contribution in [0.1, 0.15) is 18.9 Å². The average molecular weight is 269 g/mol. The first-order valence-electron chi connectivity index (χ1n) is 7.38. The fourth-order valence-corrected chi connectivity index (χ4v) is 2.83. The molecule has 1 aromatic heterocycles. The molecule has 1 saturated carbocycles. The molecule has 1 aliphatic carbocycles. The van der Waals surface area contributed by atoms with Crippen LogP contribution in [0.15, 0.2) is 36.7 Å². The number of nitrogens with zero attached hydrogens (tertiary/aromatic N) is 3. The number of imidazole rings is 1. The number of benzene rings is 1. The Bertz CT molecular complexity index is 580. The molecule has 2 aromatic rings. The lowest BCUT2D eigenvalue weighted by molar-refractivity contribution is 0.122. The van der Waals surface area contributed by atoms with Gasteiger partial charge in [-0.25, -0.2) is 4.98 Å². The van der Waals surface area contributed by atoms with Gasteiger partial charge in [0.15, 0.2) is 0 Å². The molecule has 1 aromatic carbocycles. The lowest BCUT2D eigenvalue weighted by Gasteiger charge is -2.28. The number of aromatic nitrogens is 2. The van der Waals surface area contributed by atoms with Crippen LogP contribution in [-0.2, 0) is 4.74 Å². The second-order valence-corrected chi connectivity index (χ2v) is 5.54. The summed E-state index contributed by atoms with van der Waals surface area (Å²) in [7, 11) is 0. The van der Waals surface area contributed by atoms with Crippen LogP contribution in [0.2, 0.25) is 0 Å². The minimum Gasteiger partial charge on any atom is -0.378 e. The molecule has 20 heavy (non-hydrogen) atoms. The minimum atomic E-state index is 0.673. The number of morpholine rings is 1. The Kier molecular flexibility index (Phi) is 2.96. The zero-order chi connectivity index (χ0) is 13.4. The van der Waals surface area contributed by atoms with Crippen LogP contribution < -0.4 is 4.90 Å². The molecule has 2 aliphatic rings. The summed E-state index contributed by atoms with van der Waals surface area (Å²) in [5.41, 5.74) is 2.49. The van der Waals surface area contributed by atoms with Crippen molar-refractivity contribution in [1.82, 2.24) is 9.55 Å². The topological polar surface area (TPSA) is 30.3 Å². The van der Waals surface area contributed by atoms with Crippen LogP contribution in [-0.4, -0.2) is 35.9 Å². The van der Waals surface area contributed by atoms with E-state index in [4.69, 9.17) is 4.74 Å². The maximum atomic E-state index is 5.40. The van der Waals surface area contributed by atoms with Gasteiger partial charge in [-0.15, -0.1) is 0 Å². The van der Waals surface area contributed by atoms with E-state index in [2.05, 4.69) is 44.9 Å². The quantitative estimate of drug-likeness (QED) is 0.858. The van der Waals surface area contributed by atoms with E-state index in [-0.39, 0.29) is 0 Å². The molecule has 4 nitrogen and oxygen atoms in total. The van der Waals surface area contributed by atoms with Crippen LogP contribution in [0.5, 0.6) is 0 Å². The Labute approximate surface area is 119 Å². The van der Waals surface area contributed by atoms with E-state index in [0.717, 1.165) is 32.1 Å². The average Bonchev–Trinajstić information content (AvgIpc) is 3.25. The van der Waals surface area contributed by atoms with Gasteiger partial charge in [0, 0.05) is 42.8 Å². The van der Waals surface area contributed by atoms with Crippen LogP contribution >= 0.6 is 0 Å². The minimum absolute atomic E-state index is 0.673. The molecular formula is C16H19N3O. The first-order chi connectivity index (χ1) is 9.92. The molecule has 4 heteroatoms. The normalized spacial score (nSPS) is 19.3. The molecular weight excluding hydrogens is 250 g/mol. The highest BCUT2D eigenvalue weighted by Crippen LogP contribution is 2.38. The van der Waals surface area contributed by atoms with Crippen molar-refractivity contribution in [3.8, 4) is 11.4 Å². The molecule has 0 N–H and O–H groups in total. The van der Waals surface area contributed by atoms with Crippen molar-refractivity contribution >= 4 is 5.69 Å². The van der Waals surface area contributed by atoms with E-state index in [1.165, 1.54) is 24.1 Å². The Morgan fingerprint density at radius 1 is 1.05 bits per heavy atom. The highest BCUT2D eigenvalue weighted by Gasteiger charge is 2.25. The maximum absolute atomic E-state index is 5.40. The molecule has 0 spiro atoms. The van der Waals surface area contributed by atoms with Crippen molar-refractivity contribution in [2.75, 3.05) is 31.2 Å². The van der Waals surface area contributed by atoms with E-state index < -0.39 is 0 Å². The van der Waals surface area contributed by atoms with Crippen LogP contribution in [0.25, 0.3) is 11.4 Å². The predicted molar refractivity (Wildman–Crippen MR) is 79.0 cm³/mol. The first-order valence-corrected chi connectivity index (χ1v) is 7.38. The molecule has 0 radical (unpaired) electrons. The molecule has 2 fully saturated rings. The summed E-state index contributed by atoms with van der Waals surface area (Å²) >= 11 is 0. The third-order valence-corrected chi connectivity index (χ3v) is 4.11. The molecule has 104 valence electrons. The van der Waals surface area contributed by atoms with E-state index in [1.807, 2.05) is 6.20 Å². The molecule has 2 heterocycles. The molecule has 0 amide bonds. The number of rotatable bonds is 3. The summed E-state index contributed by atoms with van der Waals surface area (Å²) in [6, 6.07) is 9.45. The second-order valence-electron chi connectivity index (χ2n) is 5.54. The van der Waals surface area contributed by atoms with Gasteiger partial charge >= 0.3 is 0 Å². The predicted octanol–water partition coefficient (Wildman–Crippen LogP) is 2.72. The zero-order valence-electron chi connectivity index (χ0n) is 11.5. The van der Waals surface area contributed by atoms with Gasteiger partial charge in [-0.1, -0.05) is 0 Å². The highest BCUT2D eigenvalue weighted by atomic mass is 16.5. The van der Waals surface area contributed by atoms with Crippen molar-refractivity contribution in [3.63, 3.8) is 0 Å². The Morgan fingerprint density at radius 3 is 2.50 bits per heavy atom.